The molecule has 0 aliphatic rings. The van der Waals surface area contributed by atoms with E-state index in [4.69, 9.17) is 14.9 Å². The predicted octanol–water partition coefficient (Wildman–Crippen LogP) is -0.823. The lowest BCUT2D eigenvalue weighted by molar-refractivity contribution is 0.000774. The fourth-order valence-corrected chi connectivity index (χ4v) is 0.433. The highest BCUT2D eigenvalue weighted by atomic mass is 16.5. The molecule has 0 aromatic rings. The Balaban J connectivity index is 2.89. The normalized spacial score (nSPS) is 13.5. The van der Waals surface area contributed by atoms with Gasteiger partial charge in [0.2, 0.25) is 0 Å². The molecule has 1 unspecified atom stereocenters. The van der Waals surface area contributed by atoms with Crippen LogP contribution in [0, 0.1) is 0 Å². The molecule has 0 rings (SSSR count). The maximum Gasteiger partial charge on any atom is 0.100 e. The third kappa shape index (κ3) is 5.97. The predicted molar refractivity (Wildman–Crippen MR) is 34.1 cm³/mol. The van der Waals surface area contributed by atoms with Gasteiger partial charge in [0.1, 0.15) is 6.10 Å². The van der Waals surface area contributed by atoms with Crippen LogP contribution in [-0.4, -0.2) is 42.7 Å². The lowest BCUT2D eigenvalue weighted by atomic mass is 10.4. The van der Waals surface area contributed by atoms with Crippen LogP contribution in [0.4, 0.5) is 0 Å². The molecule has 0 aromatic heterocycles. The van der Waals surface area contributed by atoms with Crippen LogP contribution in [0.25, 0.3) is 0 Å². The second kappa shape index (κ2) is 6.95. The van der Waals surface area contributed by atoms with E-state index in [-0.39, 0.29) is 19.8 Å². The van der Waals surface area contributed by atoms with Gasteiger partial charge >= 0.3 is 0 Å². The molecular weight excluding hydrogens is 136 g/mol. The van der Waals surface area contributed by atoms with Gasteiger partial charge in [0, 0.05) is 6.61 Å². The van der Waals surface area contributed by atoms with E-state index in [0.29, 0.717) is 13.0 Å². The van der Waals surface area contributed by atoms with E-state index in [1.165, 1.54) is 0 Å². The highest BCUT2D eigenvalue weighted by molar-refractivity contribution is 4.48. The van der Waals surface area contributed by atoms with Gasteiger partial charge < -0.3 is 14.9 Å². The minimum absolute atomic E-state index is 0.108. The van der Waals surface area contributed by atoms with Gasteiger partial charge in [0.15, 0.2) is 0 Å². The topological polar surface area (TPSA) is 69.6 Å². The molecule has 0 spiro atoms. The molecule has 1 radical (unpaired) electrons. The summed E-state index contributed by atoms with van der Waals surface area (Å²) in [7, 11) is 0. The number of ether oxygens (including phenoxy) is 1. The van der Waals surface area contributed by atoms with Crippen molar-refractivity contribution in [1.82, 2.24) is 0 Å². The van der Waals surface area contributed by atoms with E-state index in [1.54, 1.807) is 0 Å². The van der Waals surface area contributed by atoms with Gasteiger partial charge in [-0.3, -0.25) is 0 Å². The first-order valence-electron chi connectivity index (χ1n) is 3.26. The van der Waals surface area contributed by atoms with Crippen LogP contribution in [0.3, 0.4) is 0 Å². The summed E-state index contributed by atoms with van der Waals surface area (Å²) in [6, 6.07) is 0. The number of hydrogen-bond acceptors (Lipinski definition) is 3. The fraction of sp³-hybridized carbons (Fsp3) is 1.00. The van der Waals surface area contributed by atoms with Crippen molar-refractivity contribution >= 4 is 0 Å². The highest BCUT2D eigenvalue weighted by Crippen LogP contribution is 1.85. The lowest BCUT2D eigenvalue weighted by Crippen LogP contribution is -2.19. The van der Waals surface area contributed by atoms with Gasteiger partial charge in [-0.05, 0) is 6.42 Å². The minimum atomic E-state index is -0.813. The Morgan fingerprint density at radius 3 is 2.70 bits per heavy atom. The van der Waals surface area contributed by atoms with Crippen molar-refractivity contribution in [2.45, 2.75) is 12.5 Å². The van der Waals surface area contributed by atoms with Gasteiger partial charge in [-0.15, -0.1) is 0 Å². The number of hydrogen-bond donors (Lipinski definition) is 2. The molecule has 4 nitrogen and oxygen atoms in total. The van der Waals surface area contributed by atoms with Crippen molar-refractivity contribution < 1.29 is 20.1 Å². The van der Waals surface area contributed by atoms with Crippen LogP contribution in [0.1, 0.15) is 6.42 Å². The van der Waals surface area contributed by atoms with Crippen LogP contribution in [0.5, 0.6) is 0 Å². The van der Waals surface area contributed by atoms with Crippen molar-refractivity contribution in [2.75, 3.05) is 26.4 Å². The maximum absolute atomic E-state index is 9.85. The zero-order valence-corrected chi connectivity index (χ0v) is 5.82. The van der Waals surface area contributed by atoms with Crippen LogP contribution < -0.4 is 0 Å². The first-order chi connectivity index (χ1) is 4.81. The molecule has 0 aliphatic heterocycles. The molecule has 0 bridgehead atoms. The third-order valence-electron chi connectivity index (χ3n) is 0.954. The molecule has 0 saturated carbocycles. The molecule has 10 heavy (non-hydrogen) atoms. The summed E-state index contributed by atoms with van der Waals surface area (Å²) in [4.78, 5) is 0. The van der Waals surface area contributed by atoms with E-state index in [0.717, 1.165) is 0 Å². The van der Waals surface area contributed by atoms with Crippen LogP contribution in [0.2, 0.25) is 0 Å². The monoisotopic (exact) mass is 149 g/mol. The van der Waals surface area contributed by atoms with Gasteiger partial charge in [-0.2, -0.15) is 0 Å². The minimum Gasteiger partial charge on any atom is -0.394 e. The number of aliphatic hydroxyl groups excluding tert-OH is 2. The number of rotatable bonds is 6. The zero-order valence-electron chi connectivity index (χ0n) is 5.82. The van der Waals surface area contributed by atoms with Crippen molar-refractivity contribution in [2.24, 2.45) is 0 Å². The van der Waals surface area contributed by atoms with E-state index >= 15 is 0 Å². The summed E-state index contributed by atoms with van der Waals surface area (Å²) in [6.07, 6.45) is -0.357. The molecule has 0 aromatic carbocycles. The Kier molecular flexibility index (Phi) is 6.84. The first-order valence-corrected chi connectivity index (χ1v) is 3.26. The summed E-state index contributed by atoms with van der Waals surface area (Å²) in [5, 5.41) is 26.9. The molecule has 0 amide bonds. The van der Waals surface area contributed by atoms with Gasteiger partial charge in [-0.25, -0.2) is 5.11 Å². The second-order valence-corrected chi connectivity index (χ2v) is 1.97. The average molecular weight is 149 g/mol. The highest BCUT2D eigenvalue weighted by Gasteiger charge is 1.99. The average Bonchev–Trinajstić information content (AvgIpc) is 1.98. The van der Waals surface area contributed by atoms with Crippen molar-refractivity contribution in [3.05, 3.63) is 0 Å². The van der Waals surface area contributed by atoms with Crippen molar-refractivity contribution in [1.29, 1.82) is 0 Å². The fourth-order valence-electron chi connectivity index (χ4n) is 0.433. The smallest absolute Gasteiger partial charge is 0.100 e. The molecule has 0 fully saturated rings. The van der Waals surface area contributed by atoms with E-state index in [9.17, 15) is 5.11 Å². The Morgan fingerprint density at radius 1 is 1.50 bits per heavy atom. The molecule has 2 N–H and O–H groups in total. The third-order valence-corrected chi connectivity index (χ3v) is 0.954. The molecule has 1 atom stereocenters. The Hall–Kier alpha value is -0.160. The van der Waals surface area contributed by atoms with E-state index in [2.05, 4.69) is 0 Å². The van der Waals surface area contributed by atoms with Crippen LogP contribution in [-0.2, 0) is 9.84 Å². The van der Waals surface area contributed by atoms with Crippen LogP contribution in [0.15, 0.2) is 0 Å². The Bertz CT molecular complexity index is 66.8. The molecule has 4 heteroatoms. The van der Waals surface area contributed by atoms with Crippen molar-refractivity contribution in [3.8, 4) is 0 Å². The quantitative estimate of drug-likeness (QED) is 0.484. The Morgan fingerprint density at radius 2 is 2.20 bits per heavy atom. The van der Waals surface area contributed by atoms with Crippen molar-refractivity contribution in [3.63, 3.8) is 0 Å². The summed E-state index contributed by atoms with van der Waals surface area (Å²) in [5.74, 6) is 0. The SMILES string of the molecule is [O]CCCOCC(O)CO. The van der Waals surface area contributed by atoms with E-state index < -0.39 is 6.10 Å². The molecule has 0 aliphatic carbocycles. The summed E-state index contributed by atoms with van der Waals surface area (Å²) < 4.78 is 4.82. The van der Waals surface area contributed by atoms with Gasteiger partial charge in [0.05, 0.1) is 19.8 Å². The standard InChI is InChI=1S/C6H13O4/c7-2-1-3-10-5-6(9)4-8/h6,8-9H,1-5H2. The maximum atomic E-state index is 9.85. The first kappa shape index (κ1) is 9.84. The largest absolute Gasteiger partial charge is 0.394 e. The Labute approximate surface area is 60.1 Å². The molecule has 61 valence electrons. The second-order valence-electron chi connectivity index (χ2n) is 1.97. The van der Waals surface area contributed by atoms with Gasteiger partial charge in [-0.1, -0.05) is 0 Å². The molecule has 0 saturated heterocycles. The number of aliphatic hydroxyl groups is 2. The molecular formula is C6H13O4. The molecule has 0 heterocycles. The van der Waals surface area contributed by atoms with Gasteiger partial charge in [0.25, 0.3) is 0 Å². The summed E-state index contributed by atoms with van der Waals surface area (Å²) in [5.41, 5.74) is 0. The van der Waals surface area contributed by atoms with E-state index in [1.807, 2.05) is 0 Å². The lowest BCUT2D eigenvalue weighted by Gasteiger charge is -2.06. The van der Waals surface area contributed by atoms with Crippen LogP contribution >= 0.6 is 0 Å². The summed E-state index contributed by atoms with van der Waals surface area (Å²) >= 11 is 0. The zero-order chi connectivity index (χ0) is 7.82. The summed E-state index contributed by atoms with van der Waals surface area (Å²) in [6.45, 7) is 0.0175.